The second-order valence-corrected chi connectivity index (χ2v) is 6.09. The van der Waals surface area contributed by atoms with Crippen molar-refractivity contribution in [2.75, 3.05) is 0 Å². The summed E-state index contributed by atoms with van der Waals surface area (Å²) in [5, 5.41) is 0. The van der Waals surface area contributed by atoms with Crippen molar-refractivity contribution >= 4 is 11.9 Å². The molecule has 0 aliphatic rings. The van der Waals surface area contributed by atoms with Crippen LogP contribution in [0.2, 0.25) is 0 Å². The molecule has 144 valence electrons. The monoisotopic (exact) mass is 386 g/mol. The lowest BCUT2D eigenvalue weighted by molar-refractivity contribution is -0.137. The van der Waals surface area contributed by atoms with Gasteiger partial charge in [0.15, 0.2) is 5.78 Å². The summed E-state index contributed by atoms with van der Waals surface area (Å²) in [5.41, 5.74) is -0.0397. The van der Waals surface area contributed by atoms with E-state index in [1.807, 2.05) is 17.8 Å². The molecule has 0 atom stereocenters. The molecule has 0 bridgehead atoms. The fourth-order valence-electron chi connectivity index (χ4n) is 2.49. The van der Waals surface area contributed by atoms with Gasteiger partial charge in [0.25, 0.3) is 0 Å². The molecule has 3 rings (SSSR count). The number of alkyl halides is 3. The number of halogens is 3. The lowest BCUT2D eigenvalue weighted by atomic mass is 10.1. The van der Waals surface area contributed by atoms with Gasteiger partial charge >= 0.3 is 6.18 Å². The Balaban J connectivity index is 1.63. The van der Waals surface area contributed by atoms with Gasteiger partial charge in [0.1, 0.15) is 18.2 Å². The highest BCUT2D eigenvalue weighted by Crippen LogP contribution is 2.29. The maximum Gasteiger partial charge on any atom is 0.416 e. The average molecular weight is 386 g/mol. The Kier molecular flexibility index (Phi) is 5.63. The predicted molar refractivity (Wildman–Crippen MR) is 98.8 cm³/mol. The topological polar surface area (TPSA) is 44.1 Å². The minimum Gasteiger partial charge on any atom is -0.486 e. The number of aromatic nitrogens is 2. The molecule has 2 aromatic carbocycles. The number of ketones is 1. The van der Waals surface area contributed by atoms with Crippen molar-refractivity contribution in [2.45, 2.75) is 12.8 Å². The second-order valence-electron chi connectivity index (χ2n) is 6.09. The number of carbonyl (C=O) groups is 1. The van der Waals surface area contributed by atoms with E-state index in [4.69, 9.17) is 4.74 Å². The van der Waals surface area contributed by atoms with Crippen LogP contribution in [0.4, 0.5) is 13.2 Å². The molecule has 1 heterocycles. The third-order valence-corrected chi connectivity index (χ3v) is 4.07. The van der Waals surface area contributed by atoms with Crippen LogP contribution in [0.15, 0.2) is 67.0 Å². The minimum absolute atomic E-state index is 0.298. The molecule has 0 aliphatic carbocycles. The number of allylic oxidation sites excluding steroid dienone is 1. The van der Waals surface area contributed by atoms with Crippen molar-refractivity contribution < 1.29 is 22.7 Å². The van der Waals surface area contributed by atoms with Crippen molar-refractivity contribution in [1.82, 2.24) is 9.55 Å². The Morgan fingerprint density at radius 2 is 1.93 bits per heavy atom. The number of hydrogen-bond acceptors (Lipinski definition) is 3. The van der Waals surface area contributed by atoms with E-state index < -0.39 is 11.7 Å². The molecular formula is C21H17F3N2O2. The molecule has 0 aliphatic heterocycles. The van der Waals surface area contributed by atoms with Crippen molar-refractivity contribution in [3.8, 4) is 5.75 Å². The SMILES string of the molecule is Cn1ccnc1COc1ccc(C(=O)/C=C/c2cccc(C(F)(F)F)c2)cc1. The van der Waals surface area contributed by atoms with E-state index in [1.54, 1.807) is 30.5 Å². The maximum absolute atomic E-state index is 12.7. The Labute approximate surface area is 159 Å². The summed E-state index contributed by atoms with van der Waals surface area (Å²) >= 11 is 0. The van der Waals surface area contributed by atoms with Crippen LogP contribution in [0.25, 0.3) is 6.08 Å². The van der Waals surface area contributed by atoms with Crippen molar-refractivity contribution in [2.24, 2.45) is 7.05 Å². The standard InChI is InChI=1S/C21H17F3N2O2/c1-26-12-11-25-20(26)14-28-18-8-6-16(7-9-18)19(27)10-5-15-3-2-4-17(13-15)21(22,23)24/h2-13H,14H2,1H3/b10-5+. The van der Waals surface area contributed by atoms with Crippen LogP contribution in [0.5, 0.6) is 5.75 Å². The van der Waals surface area contributed by atoms with Gasteiger partial charge in [-0.05, 0) is 48.0 Å². The largest absolute Gasteiger partial charge is 0.486 e. The molecule has 4 nitrogen and oxygen atoms in total. The number of hydrogen-bond donors (Lipinski definition) is 0. The fourth-order valence-corrected chi connectivity index (χ4v) is 2.49. The quantitative estimate of drug-likeness (QED) is 0.446. The Morgan fingerprint density at radius 1 is 1.18 bits per heavy atom. The third kappa shape index (κ3) is 4.88. The lowest BCUT2D eigenvalue weighted by Crippen LogP contribution is -2.04. The molecule has 0 spiro atoms. The van der Waals surface area contributed by atoms with E-state index in [9.17, 15) is 18.0 Å². The molecule has 0 fully saturated rings. The van der Waals surface area contributed by atoms with Gasteiger partial charge in [0.2, 0.25) is 0 Å². The minimum atomic E-state index is -4.42. The third-order valence-electron chi connectivity index (χ3n) is 4.07. The van der Waals surface area contributed by atoms with Crippen LogP contribution < -0.4 is 4.74 Å². The van der Waals surface area contributed by atoms with Crippen LogP contribution in [-0.4, -0.2) is 15.3 Å². The van der Waals surface area contributed by atoms with Crippen molar-refractivity contribution in [3.05, 3.63) is 89.5 Å². The first-order valence-electron chi connectivity index (χ1n) is 8.41. The normalized spacial score (nSPS) is 11.7. The van der Waals surface area contributed by atoms with Gasteiger partial charge in [-0.25, -0.2) is 4.98 Å². The lowest BCUT2D eigenvalue weighted by Gasteiger charge is -2.07. The van der Waals surface area contributed by atoms with Crippen LogP contribution in [0, 0.1) is 0 Å². The van der Waals surface area contributed by atoms with Gasteiger partial charge in [-0.1, -0.05) is 18.2 Å². The molecule has 28 heavy (non-hydrogen) atoms. The summed E-state index contributed by atoms with van der Waals surface area (Å²) in [6, 6.07) is 11.3. The molecule has 0 N–H and O–H groups in total. The molecular weight excluding hydrogens is 369 g/mol. The predicted octanol–water partition coefficient (Wildman–Crippen LogP) is 4.91. The van der Waals surface area contributed by atoms with Crippen LogP contribution in [-0.2, 0) is 19.8 Å². The van der Waals surface area contributed by atoms with Crippen LogP contribution in [0.1, 0.15) is 27.3 Å². The van der Waals surface area contributed by atoms with Gasteiger partial charge in [-0.3, -0.25) is 4.79 Å². The van der Waals surface area contributed by atoms with Gasteiger partial charge in [-0.15, -0.1) is 0 Å². The highest BCUT2D eigenvalue weighted by atomic mass is 19.4. The summed E-state index contributed by atoms with van der Waals surface area (Å²) in [4.78, 5) is 16.4. The molecule has 0 saturated heterocycles. The fraction of sp³-hybridized carbons (Fsp3) is 0.143. The smallest absolute Gasteiger partial charge is 0.416 e. The maximum atomic E-state index is 12.7. The molecule has 3 aromatic rings. The zero-order valence-corrected chi connectivity index (χ0v) is 15.0. The first kappa shape index (κ1) is 19.4. The molecule has 7 heteroatoms. The zero-order chi connectivity index (χ0) is 20.1. The van der Waals surface area contributed by atoms with Crippen LogP contribution in [0.3, 0.4) is 0 Å². The molecule has 0 unspecified atom stereocenters. The van der Waals surface area contributed by atoms with E-state index in [1.165, 1.54) is 24.3 Å². The highest BCUT2D eigenvalue weighted by molar-refractivity contribution is 6.06. The van der Waals surface area contributed by atoms with Crippen molar-refractivity contribution in [3.63, 3.8) is 0 Å². The average Bonchev–Trinajstić information content (AvgIpc) is 3.09. The number of aryl methyl sites for hydroxylation is 1. The molecule has 1 aromatic heterocycles. The Bertz CT molecular complexity index is 989. The van der Waals surface area contributed by atoms with E-state index in [0.29, 0.717) is 23.5 Å². The highest BCUT2D eigenvalue weighted by Gasteiger charge is 2.30. The summed E-state index contributed by atoms with van der Waals surface area (Å²) in [6.07, 6.45) is 1.69. The summed E-state index contributed by atoms with van der Waals surface area (Å²) in [5.74, 6) is 1.04. The number of carbonyl (C=O) groups excluding carboxylic acids is 1. The van der Waals surface area contributed by atoms with Gasteiger partial charge in [0.05, 0.1) is 5.56 Å². The summed E-state index contributed by atoms with van der Waals surface area (Å²) in [7, 11) is 1.87. The molecule has 0 radical (unpaired) electrons. The number of ether oxygens (including phenoxy) is 1. The molecule has 0 saturated carbocycles. The Morgan fingerprint density at radius 3 is 2.57 bits per heavy atom. The number of benzene rings is 2. The number of imidazole rings is 1. The summed E-state index contributed by atoms with van der Waals surface area (Å²) in [6.45, 7) is 0.298. The molecule has 0 amide bonds. The first-order chi connectivity index (χ1) is 13.3. The Hall–Kier alpha value is -3.35. The van der Waals surface area contributed by atoms with E-state index in [-0.39, 0.29) is 5.78 Å². The van der Waals surface area contributed by atoms with Crippen LogP contribution >= 0.6 is 0 Å². The van der Waals surface area contributed by atoms with E-state index in [0.717, 1.165) is 18.0 Å². The zero-order valence-electron chi connectivity index (χ0n) is 15.0. The first-order valence-corrected chi connectivity index (χ1v) is 8.41. The second kappa shape index (κ2) is 8.12. The van der Waals surface area contributed by atoms with E-state index in [2.05, 4.69) is 4.98 Å². The van der Waals surface area contributed by atoms with Gasteiger partial charge in [-0.2, -0.15) is 13.2 Å². The van der Waals surface area contributed by atoms with Crippen molar-refractivity contribution in [1.29, 1.82) is 0 Å². The van der Waals surface area contributed by atoms with E-state index >= 15 is 0 Å². The summed E-state index contributed by atoms with van der Waals surface area (Å²) < 4.78 is 45.7. The number of rotatable bonds is 6. The van der Waals surface area contributed by atoms with Gasteiger partial charge in [0, 0.05) is 25.0 Å². The number of nitrogens with zero attached hydrogens (tertiary/aromatic N) is 2. The van der Waals surface area contributed by atoms with Gasteiger partial charge < -0.3 is 9.30 Å².